The van der Waals surface area contributed by atoms with Crippen LogP contribution in [0.3, 0.4) is 0 Å². The summed E-state index contributed by atoms with van der Waals surface area (Å²) in [5, 5.41) is 18.3. The minimum atomic E-state index is -1.30. The molecule has 0 radical (unpaired) electrons. The predicted octanol–water partition coefficient (Wildman–Crippen LogP) is 6.01. The lowest BCUT2D eigenvalue weighted by molar-refractivity contribution is -0.140. The molecule has 11 heteroatoms. The van der Waals surface area contributed by atoms with Crippen LogP contribution in [-0.2, 0) is 14.4 Å². The van der Waals surface area contributed by atoms with Gasteiger partial charge in [0.1, 0.15) is 18.1 Å². The van der Waals surface area contributed by atoms with Crippen molar-refractivity contribution in [3.63, 3.8) is 0 Å². The van der Waals surface area contributed by atoms with Crippen molar-refractivity contribution >= 4 is 46.1 Å². The lowest BCUT2D eigenvalue weighted by Gasteiger charge is -2.31. The summed E-state index contributed by atoms with van der Waals surface area (Å²) in [5.74, 6) is -0.796. The fourth-order valence-corrected chi connectivity index (χ4v) is 6.37. The molecule has 4 amide bonds. The van der Waals surface area contributed by atoms with E-state index in [9.17, 15) is 24.3 Å². The summed E-state index contributed by atoms with van der Waals surface area (Å²) >= 11 is 0. The third-order valence-corrected chi connectivity index (χ3v) is 8.72. The molecule has 3 atom stereocenters. The summed E-state index contributed by atoms with van der Waals surface area (Å²) in [6.07, 6.45) is 0.0602. The van der Waals surface area contributed by atoms with Gasteiger partial charge in [-0.1, -0.05) is 72.8 Å². The normalized spacial score (nSPS) is 15.5. The van der Waals surface area contributed by atoms with Crippen LogP contribution < -0.4 is 16.0 Å². The van der Waals surface area contributed by atoms with E-state index < -0.39 is 30.1 Å². The predicted molar refractivity (Wildman–Crippen MR) is 189 cm³/mol. The van der Waals surface area contributed by atoms with E-state index in [2.05, 4.69) is 20.9 Å². The number of aromatic nitrogens is 1. The first-order valence-corrected chi connectivity index (χ1v) is 16.1. The molecule has 6 rings (SSSR count). The highest BCUT2D eigenvalue weighted by atomic mass is 16.4. The standard InChI is InChI=1S/C38H38N6O5/c1-43(2)34(26-12-7-4-8-13-26)37(47)44-21-9-14-32(44)35(45)40-29-19-20-30-27(22-29)23-31(41-30)24-15-17-28(18-16-24)39-36(46)33(42-38(48)49)25-10-5-3-6-11-25/h3-8,10-13,15-20,22-23,32-34,41-42H,9,14,21H2,1-2H3,(H,39,46)(H,40,45)(H,48,49)/t32-,33+,34-/m1/s1. The van der Waals surface area contributed by atoms with Gasteiger partial charge in [-0.25, -0.2) is 4.79 Å². The molecule has 1 aromatic heterocycles. The van der Waals surface area contributed by atoms with Gasteiger partial charge in [0.05, 0.1) is 0 Å². The van der Waals surface area contributed by atoms with Crippen LogP contribution in [0.15, 0.2) is 109 Å². The van der Waals surface area contributed by atoms with E-state index in [0.717, 1.165) is 34.1 Å². The van der Waals surface area contributed by atoms with Gasteiger partial charge >= 0.3 is 6.09 Å². The Hall–Kier alpha value is -5.94. The zero-order valence-corrected chi connectivity index (χ0v) is 27.2. The monoisotopic (exact) mass is 658 g/mol. The maximum absolute atomic E-state index is 13.7. The summed E-state index contributed by atoms with van der Waals surface area (Å²) < 4.78 is 0. The summed E-state index contributed by atoms with van der Waals surface area (Å²) in [6.45, 7) is 0.531. The largest absolute Gasteiger partial charge is 0.465 e. The van der Waals surface area contributed by atoms with Crippen LogP contribution in [0.2, 0.25) is 0 Å². The third-order valence-electron chi connectivity index (χ3n) is 8.72. The number of hydrogen-bond acceptors (Lipinski definition) is 5. The molecule has 49 heavy (non-hydrogen) atoms. The molecule has 1 saturated heterocycles. The van der Waals surface area contributed by atoms with Crippen LogP contribution in [0.5, 0.6) is 0 Å². The van der Waals surface area contributed by atoms with E-state index in [1.807, 2.05) is 85.7 Å². The van der Waals surface area contributed by atoms with Gasteiger partial charge in [0.25, 0.3) is 5.91 Å². The Labute approximate surface area is 283 Å². The summed E-state index contributed by atoms with van der Waals surface area (Å²) in [5.41, 5.74) is 5.17. The molecule has 0 spiro atoms. The topological polar surface area (TPSA) is 147 Å². The Morgan fingerprint density at radius 2 is 1.47 bits per heavy atom. The third kappa shape index (κ3) is 7.47. The number of aromatic amines is 1. The second-order valence-electron chi connectivity index (χ2n) is 12.3. The van der Waals surface area contributed by atoms with E-state index in [-0.39, 0.29) is 11.8 Å². The number of hydrogen-bond donors (Lipinski definition) is 5. The minimum absolute atomic E-state index is 0.0851. The first-order valence-electron chi connectivity index (χ1n) is 16.1. The molecule has 5 aromatic rings. The number of anilines is 2. The molecule has 250 valence electrons. The zero-order valence-electron chi connectivity index (χ0n) is 27.2. The van der Waals surface area contributed by atoms with E-state index in [1.165, 1.54) is 0 Å². The molecule has 1 aliphatic rings. The maximum atomic E-state index is 13.7. The van der Waals surface area contributed by atoms with Crippen molar-refractivity contribution in [1.82, 2.24) is 20.1 Å². The first kappa shape index (κ1) is 33.0. The van der Waals surface area contributed by atoms with Crippen molar-refractivity contribution in [2.45, 2.75) is 31.0 Å². The molecule has 11 nitrogen and oxygen atoms in total. The summed E-state index contributed by atoms with van der Waals surface area (Å²) in [7, 11) is 3.74. The number of likely N-dealkylation sites (tertiary alicyclic amines) is 1. The highest BCUT2D eigenvalue weighted by molar-refractivity contribution is 6.00. The van der Waals surface area contributed by atoms with E-state index in [0.29, 0.717) is 29.9 Å². The van der Waals surface area contributed by atoms with Gasteiger partial charge in [0, 0.05) is 34.5 Å². The number of likely N-dealkylation sites (N-methyl/N-ethyl adjacent to an activating group) is 1. The number of nitrogens with zero attached hydrogens (tertiary/aromatic N) is 2. The Bertz CT molecular complexity index is 1960. The number of carboxylic acid groups (broad SMARTS) is 1. The molecule has 5 N–H and O–H groups in total. The maximum Gasteiger partial charge on any atom is 0.405 e. The number of carbonyl (C=O) groups excluding carboxylic acids is 3. The molecule has 0 aliphatic carbocycles. The Morgan fingerprint density at radius 1 is 0.816 bits per heavy atom. The average molecular weight is 659 g/mol. The number of amides is 4. The molecule has 1 aliphatic heterocycles. The SMILES string of the molecule is CN(C)[C@@H](C(=O)N1CCC[C@@H]1C(=O)Nc1ccc2[nH]c(-c3ccc(NC(=O)[C@@H](NC(=O)O)c4ccccc4)cc3)cc2c1)c1ccccc1. The number of rotatable bonds is 10. The Balaban J connectivity index is 1.12. The molecular weight excluding hydrogens is 620 g/mol. The average Bonchev–Trinajstić information content (AvgIpc) is 3.76. The van der Waals surface area contributed by atoms with Gasteiger partial charge in [-0.05, 0) is 80.0 Å². The van der Waals surface area contributed by atoms with Gasteiger partial charge in [0.2, 0.25) is 11.8 Å². The smallest absolute Gasteiger partial charge is 0.405 e. The van der Waals surface area contributed by atoms with Crippen molar-refractivity contribution in [3.8, 4) is 11.3 Å². The number of H-pyrrole nitrogens is 1. The second kappa shape index (κ2) is 14.4. The Morgan fingerprint density at radius 3 is 2.12 bits per heavy atom. The van der Waals surface area contributed by atoms with Crippen molar-refractivity contribution in [3.05, 3.63) is 120 Å². The molecule has 0 bridgehead atoms. The number of benzene rings is 4. The summed E-state index contributed by atoms with van der Waals surface area (Å²) in [4.78, 5) is 58.6. The van der Waals surface area contributed by atoms with Crippen LogP contribution in [0.1, 0.15) is 36.1 Å². The summed E-state index contributed by atoms with van der Waals surface area (Å²) in [6, 6.07) is 31.0. The number of carbonyl (C=O) groups is 4. The van der Waals surface area contributed by atoms with Crippen LogP contribution in [0.4, 0.5) is 16.2 Å². The highest BCUT2D eigenvalue weighted by Gasteiger charge is 2.38. The van der Waals surface area contributed by atoms with Crippen molar-refractivity contribution in [1.29, 1.82) is 0 Å². The van der Waals surface area contributed by atoms with Crippen LogP contribution in [-0.4, -0.2) is 70.4 Å². The quantitative estimate of drug-likeness (QED) is 0.124. The van der Waals surface area contributed by atoms with Crippen molar-refractivity contribution in [2.24, 2.45) is 0 Å². The zero-order chi connectivity index (χ0) is 34.5. The molecule has 0 unspecified atom stereocenters. The van der Waals surface area contributed by atoms with Gasteiger partial charge in [-0.2, -0.15) is 0 Å². The fraction of sp³-hybridized carbons (Fsp3) is 0.211. The van der Waals surface area contributed by atoms with Crippen molar-refractivity contribution < 1.29 is 24.3 Å². The first-order chi connectivity index (χ1) is 23.7. The van der Waals surface area contributed by atoms with Gasteiger partial charge < -0.3 is 30.9 Å². The van der Waals surface area contributed by atoms with Crippen molar-refractivity contribution in [2.75, 3.05) is 31.3 Å². The fourth-order valence-electron chi connectivity index (χ4n) is 6.37. The lowest BCUT2D eigenvalue weighted by atomic mass is 10.0. The van der Waals surface area contributed by atoms with E-state index >= 15 is 0 Å². The minimum Gasteiger partial charge on any atom is -0.465 e. The molecule has 0 saturated carbocycles. The van der Waals surface area contributed by atoms with Gasteiger partial charge in [0.15, 0.2) is 0 Å². The molecular formula is C38H38N6O5. The highest BCUT2D eigenvalue weighted by Crippen LogP contribution is 2.30. The van der Waals surface area contributed by atoms with Gasteiger partial charge in [-0.15, -0.1) is 0 Å². The van der Waals surface area contributed by atoms with E-state index in [1.54, 1.807) is 47.4 Å². The molecule has 2 heterocycles. The molecule has 4 aromatic carbocycles. The Kier molecular flexibility index (Phi) is 9.72. The lowest BCUT2D eigenvalue weighted by Crippen LogP contribution is -2.47. The van der Waals surface area contributed by atoms with E-state index in [4.69, 9.17) is 0 Å². The number of fused-ring (bicyclic) bond motifs is 1. The second-order valence-corrected chi connectivity index (χ2v) is 12.3. The van der Waals surface area contributed by atoms with Crippen LogP contribution >= 0.6 is 0 Å². The van der Waals surface area contributed by atoms with Crippen LogP contribution in [0.25, 0.3) is 22.2 Å². The van der Waals surface area contributed by atoms with Gasteiger partial charge in [-0.3, -0.25) is 19.3 Å². The molecule has 1 fully saturated rings. The number of nitrogens with one attached hydrogen (secondary N) is 4. The van der Waals surface area contributed by atoms with Crippen LogP contribution in [0, 0.1) is 0 Å².